The lowest BCUT2D eigenvalue weighted by Gasteiger charge is -2.15. The summed E-state index contributed by atoms with van der Waals surface area (Å²) >= 11 is 3.37. The summed E-state index contributed by atoms with van der Waals surface area (Å²) in [6.45, 7) is -0.151. The minimum Gasteiger partial charge on any atom is -0.487 e. The van der Waals surface area contributed by atoms with Crippen molar-refractivity contribution in [3.8, 4) is 5.75 Å². The average Bonchev–Trinajstić information content (AvgIpc) is 2.59. The van der Waals surface area contributed by atoms with Crippen LogP contribution in [0.3, 0.4) is 0 Å². The third-order valence-electron chi connectivity index (χ3n) is 3.66. The maximum atomic E-state index is 14.9. The zero-order valence-corrected chi connectivity index (χ0v) is 14.7. The number of carboxylic acid groups (broad SMARTS) is 1. The van der Waals surface area contributed by atoms with Crippen LogP contribution in [-0.2, 0) is 11.4 Å². The first-order valence-electron chi connectivity index (χ1n) is 7.59. The molecule has 0 atom stereocenters. The van der Waals surface area contributed by atoms with Gasteiger partial charge >= 0.3 is 5.97 Å². The lowest BCUT2D eigenvalue weighted by Crippen LogP contribution is -2.14. The summed E-state index contributed by atoms with van der Waals surface area (Å²) in [6, 6.07) is 16.3. The van der Waals surface area contributed by atoms with Gasteiger partial charge in [0.2, 0.25) is 0 Å². The summed E-state index contributed by atoms with van der Waals surface area (Å²) < 4.78 is 21.5. The molecule has 2 N–H and O–H groups in total. The summed E-state index contributed by atoms with van der Waals surface area (Å²) in [6.07, 6.45) is 0. The molecule has 0 aliphatic carbocycles. The molecule has 0 saturated carbocycles. The van der Waals surface area contributed by atoms with Gasteiger partial charge in [-0.25, -0.2) is 4.39 Å². The van der Waals surface area contributed by atoms with Crippen LogP contribution in [0, 0.1) is 5.82 Å². The summed E-state index contributed by atoms with van der Waals surface area (Å²) in [4.78, 5) is 10.9. The fourth-order valence-electron chi connectivity index (χ4n) is 2.49. The van der Waals surface area contributed by atoms with Crippen LogP contribution in [0.4, 0.5) is 10.1 Å². The monoisotopic (exact) mass is 403 g/mol. The number of rotatable bonds is 6. The Kier molecular flexibility index (Phi) is 5.19. The van der Waals surface area contributed by atoms with Crippen LogP contribution >= 0.6 is 15.9 Å². The molecule has 0 aliphatic heterocycles. The van der Waals surface area contributed by atoms with E-state index < -0.39 is 18.3 Å². The van der Waals surface area contributed by atoms with Crippen molar-refractivity contribution in [2.45, 2.75) is 6.61 Å². The third-order valence-corrected chi connectivity index (χ3v) is 4.15. The second-order valence-corrected chi connectivity index (χ2v) is 6.37. The molecule has 6 heteroatoms. The highest BCUT2D eigenvalue weighted by molar-refractivity contribution is 9.10. The molecule has 3 aromatic rings. The summed E-state index contributed by atoms with van der Waals surface area (Å²) in [5, 5.41) is 12.5. The smallest absolute Gasteiger partial charge is 0.322 e. The zero-order valence-electron chi connectivity index (χ0n) is 13.1. The number of nitrogens with one attached hydrogen (secondary N) is 1. The molecule has 25 heavy (non-hydrogen) atoms. The van der Waals surface area contributed by atoms with Gasteiger partial charge in [-0.3, -0.25) is 4.79 Å². The van der Waals surface area contributed by atoms with Gasteiger partial charge in [0.1, 0.15) is 24.6 Å². The van der Waals surface area contributed by atoms with E-state index in [1.807, 2.05) is 30.3 Å². The lowest BCUT2D eigenvalue weighted by molar-refractivity contribution is -0.134. The van der Waals surface area contributed by atoms with Crippen LogP contribution in [0.25, 0.3) is 10.8 Å². The van der Waals surface area contributed by atoms with E-state index in [4.69, 9.17) is 9.84 Å². The number of anilines is 1. The summed E-state index contributed by atoms with van der Waals surface area (Å²) in [5.41, 5.74) is 0.981. The number of hydrogen-bond acceptors (Lipinski definition) is 3. The van der Waals surface area contributed by atoms with Crippen molar-refractivity contribution in [3.05, 3.63) is 70.5 Å². The third kappa shape index (κ3) is 4.09. The van der Waals surface area contributed by atoms with E-state index in [0.29, 0.717) is 10.8 Å². The highest BCUT2D eigenvalue weighted by atomic mass is 79.9. The Balaban J connectivity index is 2.00. The SMILES string of the molecule is O=C(O)CNc1c(OCc2ccccc2)cc2cc(Br)ccc2c1F. The number of benzene rings is 3. The van der Waals surface area contributed by atoms with E-state index in [0.717, 1.165) is 10.0 Å². The van der Waals surface area contributed by atoms with Gasteiger partial charge in [-0.15, -0.1) is 0 Å². The molecule has 3 aromatic carbocycles. The lowest BCUT2D eigenvalue weighted by atomic mass is 10.1. The minimum absolute atomic E-state index is 0.0492. The molecule has 0 heterocycles. The molecule has 0 saturated heterocycles. The van der Waals surface area contributed by atoms with E-state index >= 15 is 0 Å². The first-order chi connectivity index (χ1) is 12.0. The normalized spacial score (nSPS) is 10.6. The second kappa shape index (κ2) is 7.53. The van der Waals surface area contributed by atoms with E-state index in [2.05, 4.69) is 21.2 Å². The van der Waals surface area contributed by atoms with Gasteiger partial charge in [0.05, 0.1) is 0 Å². The molecule has 0 amide bonds. The van der Waals surface area contributed by atoms with E-state index in [1.165, 1.54) is 0 Å². The molecule has 3 rings (SSSR count). The Morgan fingerprint density at radius 3 is 2.64 bits per heavy atom. The van der Waals surface area contributed by atoms with Crippen LogP contribution in [-0.4, -0.2) is 17.6 Å². The molecule has 0 radical (unpaired) electrons. The van der Waals surface area contributed by atoms with Gasteiger partial charge in [-0.05, 0) is 29.1 Å². The van der Waals surface area contributed by atoms with Gasteiger partial charge in [-0.2, -0.15) is 0 Å². The Bertz CT molecular complexity index is 915. The van der Waals surface area contributed by atoms with Crippen LogP contribution < -0.4 is 10.1 Å². The Hall–Kier alpha value is -2.60. The van der Waals surface area contributed by atoms with Crippen molar-refractivity contribution in [1.82, 2.24) is 0 Å². The first-order valence-corrected chi connectivity index (χ1v) is 8.38. The molecule has 0 aliphatic rings. The Labute approximate surface area is 152 Å². The van der Waals surface area contributed by atoms with Crippen LogP contribution in [0.1, 0.15) is 5.56 Å². The fraction of sp³-hybridized carbons (Fsp3) is 0.105. The van der Waals surface area contributed by atoms with Crippen LogP contribution in [0.15, 0.2) is 59.1 Å². The predicted molar refractivity (Wildman–Crippen MR) is 98.5 cm³/mol. The van der Waals surface area contributed by atoms with Crippen molar-refractivity contribution < 1.29 is 19.0 Å². The second-order valence-electron chi connectivity index (χ2n) is 5.45. The Morgan fingerprint density at radius 2 is 1.92 bits per heavy atom. The number of carbonyl (C=O) groups is 1. The van der Waals surface area contributed by atoms with Crippen molar-refractivity contribution in [2.24, 2.45) is 0 Å². The molecular weight excluding hydrogens is 389 g/mol. The van der Waals surface area contributed by atoms with Crippen LogP contribution in [0.2, 0.25) is 0 Å². The van der Waals surface area contributed by atoms with Gasteiger partial charge in [0.25, 0.3) is 0 Å². The largest absolute Gasteiger partial charge is 0.487 e. The van der Waals surface area contributed by atoms with E-state index in [-0.39, 0.29) is 18.0 Å². The number of halogens is 2. The highest BCUT2D eigenvalue weighted by Gasteiger charge is 2.16. The van der Waals surface area contributed by atoms with Gasteiger partial charge in [0.15, 0.2) is 5.82 Å². The van der Waals surface area contributed by atoms with Gasteiger partial charge in [-0.1, -0.05) is 52.3 Å². The maximum Gasteiger partial charge on any atom is 0.322 e. The summed E-state index contributed by atoms with van der Waals surface area (Å²) in [7, 11) is 0. The topological polar surface area (TPSA) is 58.6 Å². The van der Waals surface area contributed by atoms with Gasteiger partial charge < -0.3 is 15.2 Å². The number of carboxylic acids is 1. The van der Waals surface area contributed by atoms with Crippen molar-refractivity contribution in [3.63, 3.8) is 0 Å². The summed E-state index contributed by atoms with van der Waals surface area (Å²) in [5.74, 6) is -1.34. The predicted octanol–water partition coefficient (Wildman–Crippen LogP) is 4.82. The van der Waals surface area contributed by atoms with Gasteiger partial charge in [0, 0.05) is 9.86 Å². The zero-order chi connectivity index (χ0) is 17.8. The first kappa shape index (κ1) is 17.2. The number of fused-ring (bicyclic) bond motifs is 1. The molecule has 0 fully saturated rings. The quantitative estimate of drug-likeness (QED) is 0.619. The van der Waals surface area contributed by atoms with Crippen LogP contribution in [0.5, 0.6) is 5.75 Å². The molecule has 0 unspecified atom stereocenters. The van der Waals surface area contributed by atoms with E-state index in [1.54, 1.807) is 24.3 Å². The fourth-order valence-corrected chi connectivity index (χ4v) is 2.87. The standard InChI is InChI=1S/C19H15BrFNO3/c20-14-6-7-15-13(8-14)9-16(19(18(15)21)22-10-17(23)24)25-11-12-4-2-1-3-5-12/h1-9,22H,10-11H2,(H,23,24). The Morgan fingerprint density at radius 1 is 1.16 bits per heavy atom. The maximum absolute atomic E-state index is 14.9. The highest BCUT2D eigenvalue weighted by Crippen LogP contribution is 2.36. The molecule has 0 aromatic heterocycles. The number of hydrogen-bond donors (Lipinski definition) is 2. The molecule has 128 valence electrons. The van der Waals surface area contributed by atoms with E-state index in [9.17, 15) is 9.18 Å². The minimum atomic E-state index is -1.08. The molecular formula is C19H15BrFNO3. The average molecular weight is 404 g/mol. The number of ether oxygens (including phenoxy) is 1. The number of aliphatic carboxylic acids is 1. The van der Waals surface area contributed by atoms with Crippen molar-refractivity contribution in [1.29, 1.82) is 0 Å². The molecule has 4 nitrogen and oxygen atoms in total. The molecule has 0 bridgehead atoms. The molecule has 0 spiro atoms. The van der Waals surface area contributed by atoms with Crippen molar-refractivity contribution in [2.75, 3.05) is 11.9 Å². The van der Waals surface area contributed by atoms with Crippen molar-refractivity contribution >= 4 is 38.4 Å².